The molecule has 3 rings (SSSR count). The summed E-state index contributed by atoms with van der Waals surface area (Å²) in [5.41, 5.74) is 1.22. The molecule has 2 heterocycles. The number of benzene rings is 1. The average molecular weight is 311 g/mol. The van der Waals surface area contributed by atoms with E-state index in [2.05, 4.69) is 10.3 Å². The van der Waals surface area contributed by atoms with Crippen molar-refractivity contribution in [1.82, 2.24) is 15.2 Å². The molecule has 23 heavy (non-hydrogen) atoms. The Bertz CT molecular complexity index is 701. The molecule has 0 radical (unpaired) electrons. The van der Waals surface area contributed by atoms with E-state index in [0.717, 1.165) is 5.56 Å². The highest BCUT2D eigenvalue weighted by Gasteiger charge is 2.34. The van der Waals surface area contributed by atoms with Crippen LogP contribution in [0.15, 0.2) is 48.8 Å². The minimum atomic E-state index is -0.651. The maximum Gasteiger partial charge on any atom is 0.256 e. The van der Waals surface area contributed by atoms with Gasteiger partial charge in [0.05, 0.1) is 12.7 Å². The molecule has 1 fully saturated rings. The number of aromatic nitrogens is 1. The van der Waals surface area contributed by atoms with Gasteiger partial charge in [-0.25, -0.2) is 0 Å². The van der Waals surface area contributed by atoms with E-state index in [1.165, 1.54) is 6.20 Å². The number of carbonyl (C=O) groups is 2. The Morgan fingerprint density at radius 1 is 1.30 bits per heavy atom. The second-order valence-electron chi connectivity index (χ2n) is 5.21. The summed E-state index contributed by atoms with van der Waals surface area (Å²) in [6, 6.07) is 9.93. The van der Waals surface area contributed by atoms with E-state index in [1.807, 2.05) is 0 Å². The lowest BCUT2D eigenvalue weighted by Crippen LogP contribution is -2.52. The first-order valence-corrected chi connectivity index (χ1v) is 7.33. The van der Waals surface area contributed by atoms with Crippen molar-refractivity contribution in [3.8, 4) is 5.75 Å². The van der Waals surface area contributed by atoms with Gasteiger partial charge in [0.15, 0.2) is 0 Å². The van der Waals surface area contributed by atoms with Crippen molar-refractivity contribution in [3.63, 3.8) is 0 Å². The Morgan fingerprint density at radius 2 is 2.09 bits per heavy atom. The number of rotatable bonds is 3. The fraction of sp³-hybridized carbons (Fsp3) is 0.235. The molecule has 6 nitrogen and oxygen atoms in total. The van der Waals surface area contributed by atoms with Crippen LogP contribution in [0.2, 0.25) is 0 Å². The van der Waals surface area contributed by atoms with Crippen LogP contribution in [-0.4, -0.2) is 41.9 Å². The van der Waals surface area contributed by atoms with Crippen LogP contribution in [-0.2, 0) is 4.79 Å². The van der Waals surface area contributed by atoms with Gasteiger partial charge < -0.3 is 15.0 Å². The van der Waals surface area contributed by atoms with Gasteiger partial charge in [-0.2, -0.15) is 0 Å². The molecule has 2 amide bonds. The summed E-state index contributed by atoms with van der Waals surface area (Å²) in [4.78, 5) is 30.6. The third kappa shape index (κ3) is 3.01. The number of nitrogens with one attached hydrogen (secondary N) is 1. The fourth-order valence-corrected chi connectivity index (χ4v) is 2.66. The lowest BCUT2D eigenvalue weighted by molar-refractivity contribution is -0.128. The van der Waals surface area contributed by atoms with Crippen molar-refractivity contribution in [2.75, 3.05) is 20.2 Å². The smallest absolute Gasteiger partial charge is 0.256 e. The number of pyridine rings is 1. The molecule has 6 heteroatoms. The van der Waals surface area contributed by atoms with E-state index in [1.54, 1.807) is 54.6 Å². The van der Waals surface area contributed by atoms with E-state index in [0.29, 0.717) is 24.4 Å². The zero-order valence-electron chi connectivity index (χ0n) is 12.7. The Hall–Kier alpha value is -2.89. The monoisotopic (exact) mass is 311 g/mol. The Morgan fingerprint density at radius 3 is 2.74 bits per heavy atom. The Kier molecular flexibility index (Phi) is 4.23. The number of hydrogen-bond acceptors (Lipinski definition) is 4. The highest BCUT2D eigenvalue weighted by Crippen LogP contribution is 2.26. The number of nitrogens with zero attached hydrogens (tertiary/aromatic N) is 2. The van der Waals surface area contributed by atoms with Gasteiger partial charge >= 0.3 is 0 Å². The van der Waals surface area contributed by atoms with E-state index in [-0.39, 0.29) is 11.8 Å². The molecule has 1 unspecified atom stereocenters. The number of methoxy groups -OCH3 is 1. The van der Waals surface area contributed by atoms with Crippen molar-refractivity contribution in [1.29, 1.82) is 0 Å². The third-order valence-corrected chi connectivity index (χ3v) is 3.81. The third-order valence-electron chi connectivity index (χ3n) is 3.81. The Labute approximate surface area is 134 Å². The minimum Gasteiger partial charge on any atom is -0.497 e. The molecular weight excluding hydrogens is 294 g/mol. The standard InChI is InChI=1S/C17H17N3O3/c1-23-14-6-4-12(5-7-14)15-16(21)19-9-10-20(15)17(22)13-3-2-8-18-11-13/h2-8,11,15H,9-10H2,1H3,(H,19,21). The summed E-state index contributed by atoms with van der Waals surface area (Å²) >= 11 is 0. The maximum atomic E-state index is 12.7. The Balaban J connectivity index is 1.93. The molecule has 0 saturated carbocycles. The second-order valence-corrected chi connectivity index (χ2v) is 5.21. The molecule has 2 aromatic rings. The molecule has 1 aromatic heterocycles. The quantitative estimate of drug-likeness (QED) is 0.930. The van der Waals surface area contributed by atoms with Crippen LogP contribution in [0, 0.1) is 0 Å². The summed E-state index contributed by atoms with van der Waals surface area (Å²) in [6.45, 7) is 0.896. The summed E-state index contributed by atoms with van der Waals surface area (Å²) in [5.74, 6) is 0.322. The van der Waals surface area contributed by atoms with Crippen molar-refractivity contribution in [2.24, 2.45) is 0 Å². The predicted octanol–water partition coefficient (Wildman–Crippen LogP) is 1.40. The molecule has 0 aliphatic carbocycles. The van der Waals surface area contributed by atoms with E-state index < -0.39 is 6.04 Å². The summed E-state index contributed by atoms with van der Waals surface area (Å²) < 4.78 is 5.14. The molecule has 0 bridgehead atoms. The van der Waals surface area contributed by atoms with Gasteiger partial charge in [-0.15, -0.1) is 0 Å². The van der Waals surface area contributed by atoms with E-state index in [9.17, 15) is 9.59 Å². The fourth-order valence-electron chi connectivity index (χ4n) is 2.66. The molecule has 1 N–H and O–H groups in total. The zero-order valence-corrected chi connectivity index (χ0v) is 12.7. The number of amides is 2. The first-order chi connectivity index (χ1) is 11.2. The number of hydrogen-bond donors (Lipinski definition) is 1. The van der Waals surface area contributed by atoms with Crippen LogP contribution in [0.4, 0.5) is 0 Å². The highest BCUT2D eigenvalue weighted by molar-refractivity contribution is 5.98. The molecular formula is C17H17N3O3. The van der Waals surface area contributed by atoms with Crippen LogP contribution in [0.25, 0.3) is 0 Å². The second kappa shape index (κ2) is 6.48. The summed E-state index contributed by atoms with van der Waals surface area (Å²) in [5, 5.41) is 2.82. The summed E-state index contributed by atoms with van der Waals surface area (Å²) in [6.07, 6.45) is 3.13. The number of ether oxygens (including phenoxy) is 1. The van der Waals surface area contributed by atoms with Gasteiger partial charge in [-0.05, 0) is 29.8 Å². The van der Waals surface area contributed by atoms with Gasteiger partial charge in [0.2, 0.25) is 5.91 Å². The number of piperazine rings is 1. The van der Waals surface area contributed by atoms with Crippen LogP contribution in [0.5, 0.6) is 5.75 Å². The highest BCUT2D eigenvalue weighted by atomic mass is 16.5. The molecule has 1 saturated heterocycles. The minimum absolute atomic E-state index is 0.182. The van der Waals surface area contributed by atoms with Crippen LogP contribution < -0.4 is 10.1 Å². The van der Waals surface area contributed by atoms with Crippen molar-refractivity contribution < 1.29 is 14.3 Å². The van der Waals surface area contributed by atoms with Gasteiger partial charge in [0.25, 0.3) is 5.91 Å². The molecule has 1 aliphatic heterocycles. The number of carbonyl (C=O) groups excluding carboxylic acids is 2. The van der Waals surface area contributed by atoms with Crippen LogP contribution in [0.3, 0.4) is 0 Å². The van der Waals surface area contributed by atoms with Gasteiger partial charge in [0.1, 0.15) is 11.8 Å². The van der Waals surface area contributed by atoms with Crippen molar-refractivity contribution in [3.05, 3.63) is 59.9 Å². The summed E-state index contributed by atoms with van der Waals surface area (Å²) in [7, 11) is 1.58. The first-order valence-electron chi connectivity index (χ1n) is 7.33. The van der Waals surface area contributed by atoms with E-state index >= 15 is 0 Å². The van der Waals surface area contributed by atoms with Gasteiger partial charge in [-0.3, -0.25) is 14.6 Å². The zero-order chi connectivity index (χ0) is 16.2. The molecule has 118 valence electrons. The van der Waals surface area contributed by atoms with Crippen LogP contribution >= 0.6 is 0 Å². The van der Waals surface area contributed by atoms with Gasteiger partial charge in [0, 0.05) is 25.5 Å². The van der Waals surface area contributed by atoms with Crippen molar-refractivity contribution in [2.45, 2.75) is 6.04 Å². The maximum absolute atomic E-state index is 12.7. The molecule has 1 aliphatic rings. The normalized spacial score (nSPS) is 17.5. The molecule has 1 atom stereocenters. The molecule has 0 spiro atoms. The SMILES string of the molecule is COc1ccc(C2C(=O)NCCN2C(=O)c2cccnc2)cc1. The predicted molar refractivity (Wildman–Crippen MR) is 84.0 cm³/mol. The average Bonchev–Trinajstić information content (AvgIpc) is 2.62. The van der Waals surface area contributed by atoms with Crippen molar-refractivity contribution >= 4 is 11.8 Å². The van der Waals surface area contributed by atoms with Gasteiger partial charge in [-0.1, -0.05) is 12.1 Å². The first kappa shape index (κ1) is 15.0. The topological polar surface area (TPSA) is 71.5 Å². The largest absolute Gasteiger partial charge is 0.497 e. The van der Waals surface area contributed by atoms with Crippen LogP contribution in [0.1, 0.15) is 22.0 Å². The lowest BCUT2D eigenvalue weighted by Gasteiger charge is -2.35. The van der Waals surface area contributed by atoms with E-state index in [4.69, 9.17) is 4.74 Å². The lowest BCUT2D eigenvalue weighted by atomic mass is 10.0. The molecule has 1 aromatic carbocycles.